The van der Waals surface area contributed by atoms with Gasteiger partial charge < -0.3 is 19.7 Å². The van der Waals surface area contributed by atoms with Gasteiger partial charge in [-0.25, -0.2) is 0 Å². The number of anilines is 2. The highest BCUT2D eigenvalue weighted by Crippen LogP contribution is 2.37. The van der Waals surface area contributed by atoms with E-state index in [1.807, 2.05) is 20.8 Å². The number of carbonyl (C=O) groups excluding carboxylic acids is 2. The maximum atomic E-state index is 12.6. The second kappa shape index (κ2) is 6.36. The van der Waals surface area contributed by atoms with Gasteiger partial charge >= 0.3 is 0 Å². The Kier molecular flexibility index (Phi) is 4.71. The van der Waals surface area contributed by atoms with Crippen LogP contribution in [0.15, 0.2) is 18.2 Å². The molecular formula is C16H22N2O4. The van der Waals surface area contributed by atoms with Crippen LogP contribution in [0.2, 0.25) is 0 Å². The van der Waals surface area contributed by atoms with E-state index in [4.69, 9.17) is 9.47 Å². The third-order valence-electron chi connectivity index (χ3n) is 3.54. The molecule has 0 aliphatic carbocycles. The molecule has 1 aliphatic rings. The lowest BCUT2D eigenvalue weighted by Crippen LogP contribution is -2.42. The lowest BCUT2D eigenvalue weighted by molar-refractivity contribution is -0.127. The van der Waals surface area contributed by atoms with Crippen LogP contribution < -0.4 is 15.0 Å². The summed E-state index contributed by atoms with van der Waals surface area (Å²) in [7, 11) is 1.46. The summed E-state index contributed by atoms with van der Waals surface area (Å²) in [6.07, 6.45) is 0. The first-order valence-corrected chi connectivity index (χ1v) is 7.26. The molecule has 120 valence electrons. The number of hydrogen-bond donors (Lipinski definition) is 1. The predicted molar refractivity (Wildman–Crippen MR) is 84.3 cm³/mol. The number of hydrogen-bond acceptors (Lipinski definition) is 4. The Balaban J connectivity index is 2.32. The fourth-order valence-electron chi connectivity index (χ4n) is 2.37. The number of nitrogens with zero attached hydrogens (tertiary/aromatic N) is 1. The summed E-state index contributed by atoms with van der Waals surface area (Å²) in [6.45, 7) is 6.51. The number of fused-ring (bicyclic) bond motifs is 1. The normalized spacial score (nSPS) is 16.5. The van der Waals surface area contributed by atoms with Gasteiger partial charge in [0.1, 0.15) is 19.0 Å². The Hall–Kier alpha value is -2.08. The van der Waals surface area contributed by atoms with Gasteiger partial charge in [-0.3, -0.25) is 9.59 Å². The van der Waals surface area contributed by atoms with Crippen molar-refractivity contribution in [2.75, 3.05) is 37.1 Å². The summed E-state index contributed by atoms with van der Waals surface area (Å²) in [5.41, 5.74) is 0.751. The van der Waals surface area contributed by atoms with E-state index in [2.05, 4.69) is 5.32 Å². The average molecular weight is 306 g/mol. The van der Waals surface area contributed by atoms with E-state index < -0.39 is 5.41 Å². The van der Waals surface area contributed by atoms with Crippen molar-refractivity contribution in [1.82, 2.24) is 0 Å². The Morgan fingerprint density at radius 2 is 2.18 bits per heavy atom. The molecule has 0 spiro atoms. The van der Waals surface area contributed by atoms with Crippen molar-refractivity contribution < 1.29 is 19.1 Å². The molecule has 1 aliphatic heterocycles. The van der Waals surface area contributed by atoms with Gasteiger partial charge in [0.25, 0.3) is 0 Å². The minimum absolute atomic E-state index is 0.00938. The molecule has 0 bridgehead atoms. The standard InChI is InChI=1S/C16H22N2O4/c1-5-18-12-7-6-11(17-14(19)9-21-4)8-13(12)22-10-16(2,3)15(18)20/h6-8H,5,9-10H2,1-4H3,(H,17,19). The lowest BCUT2D eigenvalue weighted by Gasteiger charge is -2.26. The average Bonchev–Trinajstić information content (AvgIpc) is 2.56. The summed E-state index contributed by atoms with van der Waals surface area (Å²) in [5, 5.41) is 2.73. The van der Waals surface area contributed by atoms with Gasteiger partial charge in [-0.05, 0) is 32.9 Å². The molecule has 0 saturated heterocycles. The first-order valence-electron chi connectivity index (χ1n) is 7.26. The van der Waals surface area contributed by atoms with E-state index in [0.717, 1.165) is 5.69 Å². The minimum Gasteiger partial charge on any atom is -0.490 e. The molecular weight excluding hydrogens is 284 g/mol. The fourth-order valence-corrected chi connectivity index (χ4v) is 2.37. The van der Waals surface area contributed by atoms with Crippen molar-refractivity contribution in [3.8, 4) is 5.75 Å². The van der Waals surface area contributed by atoms with E-state index in [-0.39, 0.29) is 18.4 Å². The monoisotopic (exact) mass is 306 g/mol. The lowest BCUT2D eigenvalue weighted by atomic mass is 9.93. The van der Waals surface area contributed by atoms with Crippen LogP contribution in [0.3, 0.4) is 0 Å². The predicted octanol–water partition coefficient (Wildman–Crippen LogP) is 2.04. The van der Waals surface area contributed by atoms with Crippen molar-refractivity contribution >= 4 is 23.2 Å². The summed E-state index contributed by atoms with van der Waals surface area (Å²) in [4.78, 5) is 25.9. The molecule has 0 aromatic heterocycles. The second-order valence-electron chi connectivity index (χ2n) is 5.89. The molecule has 1 aromatic rings. The molecule has 0 atom stereocenters. The largest absolute Gasteiger partial charge is 0.490 e. The van der Waals surface area contributed by atoms with Crippen LogP contribution in [0.1, 0.15) is 20.8 Å². The molecule has 6 nitrogen and oxygen atoms in total. The Morgan fingerprint density at radius 3 is 2.82 bits per heavy atom. The van der Waals surface area contributed by atoms with Gasteiger partial charge in [-0.15, -0.1) is 0 Å². The topological polar surface area (TPSA) is 67.9 Å². The van der Waals surface area contributed by atoms with Crippen molar-refractivity contribution in [3.63, 3.8) is 0 Å². The van der Waals surface area contributed by atoms with Crippen LogP contribution >= 0.6 is 0 Å². The highest BCUT2D eigenvalue weighted by molar-refractivity contribution is 6.00. The van der Waals surface area contributed by atoms with Crippen LogP contribution in [0.25, 0.3) is 0 Å². The highest BCUT2D eigenvalue weighted by Gasteiger charge is 2.37. The van der Waals surface area contributed by atoms with Gasteiger partial charge in [0.15, 0.2) is 0 Å². The van der Waals surface area contributed by atoms with Gasteiger partial charge in [0.2, 0.25) is 11.8 Å². The molecule has 1 aromatic carbocycles. The molecule has 0 fully saturated rings. The molecule has 0 saturated carbocycles. The first kappa shape index (κ1) is 16.3. The van der Waals surface area contributed by atoms with Crippen molar-refractivity contribution in [2.24, 2.45) is 5.41 Å². The highest BCUT2D eigenvalue weighted by atomic mass is 16.5. The number of benzene rings is 1. The van der Waals surface area contributed by atoms with Gasteiger partial charge in [-0.2, -0.15) is 0 Å². The smallest absolute Gasteiger partial charge is 0.250 e. The maximum absolute atomic E-state index is 12.6. The number of ether oxygens (including phenoxy) is 2. The zero-order valence-electron chi connectivity index (χ0n) is 13.4. The fraction of sp³-hybridized carbons (Fsp3) is 0.500. The first-order chi connectivity index (χ1) is 10.4. The SMILES string of the molecule is CCN1C(=O)C(C)(C)COc2cc(NC(=O)COC)ccc21. The number of amides is 2. The maximum Gasteiger partial charge on any atom is 0.250 e. The molecule has 1 heterocycles. The second-order valence-corrected chi connectivity index (χ2v) is 5.89. The third kappa shape index (κ3) is 3.22. The van der Waals surface area contributed by atoms with Crippen LogP contribution in [-0.4, -0.2) is 38.7 Å². The minimum atomic E-state index is -0.589. The molecule has 22 heavy (non-hydrogen) atoms. The van der Waals surface area contributed by atoms with Gasteiger partial charge in [0.05, 0.1) is 11.1 Å². The zero-order valence-corrected chi connectivity index (χ0v) is 13.4. The number of nitrogens with one attached hydrogen (secondary N) is 1. The van der Waals surface area contributed by atoms with Gasteiger partial charge in [0, 0.05) is 25.4 Å². The summed E-state index contributed by atoms with van der Waals surface area (Å²) in [6, 6.07) is 5.28. The van der Waals surface area contributed by atoms with Crippen LogP contribution in [0, 0.1) is 5.41 Å². The number of rotatable bonds is 4. The van der Waals surface area contributed by atoms with Crippen molar-refractivity contribution in [2.45, 2.75) is 20.8 Å². The van der Waals surface area contributed by atoms with E-state index in [0.29, 0.717) is 24.6 Å². The van der Waals surface area contributed by atoms with E-state index in [1.54, 1.807) is 23.1 Å². The Morgan fingerprint density at radius 1 is 1.45 bits per heavy atom. The van der Waals surface area contributed by atoms with E-state index in [9.17, 15) is 9.59 Å². The zero-order chi connectivity index (χ0) is 16.3. The van der Waals surface area contributed by atoms with Crippen LogP contribution in [0.5, 0.6) is 5.75 Å². The van der Waals surface area contributed by atoms with Crippen molar-refractivity contribution in [1.29, 1.82) is 0 Å². The van der Waals surface area contributed by atoms with Crippen molar-refractivity contribution in [3.05, 3.63) is 18.2 Å². The Labute approximate surface area is 130 Å². The number of carbonyl (C=O) groups is 2. The summed E-state index contributed by atoms with van der Waals surface area (Å²) >= 11 is 0. The third-order valence-corrected chi connectivity index (χ3v) is 3.54. The Bertz CT molecular complexity index is 584. The molecule has 6 heteroatoms. The van der Waals surface area contributed by atoms with E-state index >= 15 is 0 Å². The quantitative estimate of drug-likeness (QED) is 0.924. The van der Waals surface area contributed by atoms with E-state index in [1.165, 1.54) is 7.11 Å². The molecule has 0 radical (unpaired) electrons. The molecule has 2 amide bonds. The summed E-state index contributed by atoms with van der Waals surface area (Å²) in [5.74, 6) is 0.390. The molecule has 2 rings (SSSR count). The number of methoxy groups -OCH3 is 1. The summed E-state index contributed by atoms with van der Waals surface area (Å²) < 4.78 is 10.6. The molecule has 0 unspecified atom stereocenters. The van der Waals surface area contributed by atoms with Crippen LogP contribution in [0.4, 0.5) is 11.4 Å². The molecule has 1 N–H and O–H groups in total. The van der Waals surface area contributed by atoms with Gasteiger partial charge in [-0.1, -0.05) is 0 Å². The van der Waals surface area contributed by atoms with Crippen LogP contribution in [-0.2, 0) is 14.3 Å².